The van der Waals surface area contributed by atoms with E-state index in [4.69, 9.17) is 21.4 Å². The fourth-order valence-corrected chi connectivity index (χ4v) is 6.22. The number of esters is 1. The van der Waals surface area contributed by atoms with Crippen LogP contribution in [-0.2, 0) is 40.9 Å². The number of nitrogens with zero attached hydrogens (tertiary/aromatic N) is 4. The van der Waals surface area contributed by atoms with E-state index >= 15 is 0 Å². The number of rotatable bonds is 9. The average Bonchev–Trinajstić information content (AvgIpc) is 3.56. The Hall–Kier alpha value is -2.79. The maximum absolute atomic E-state index is 13.2. The molecule has 1 fully saturated rings. The quantitative estimate of drug-likeness (QED) is 0.350. The van der Waals surface area contributed by atoms with Gasteiger partial charge < -0.3 is 9.64 Å². The number of hydrogen-bond acceptors (Lipinski definition) is 6. The van der Waals surface area contributed by atoms with E-state index in [1.165, 1.54) is 47.7 Å². The van der Waals surface area contributed by atoms with Gasteiger partial charge in [-0.3, -0.25) is 4.68 Å². The number of carbonyl (C=O) groups excluding carboxylic acids is 1. The topological polar surface area (TPSA) is 84.7 Å². The van der Waals surface area contributed by atoms with Crippen LogP contribution >= 0.6 is 11.6 Å². The monoisotopic (exact) mass is 574 g/mol. The molecule has 1 saturated heterocycles. The van der Waals surface area contributed by atoms with Crippen molar-refractivity contribution in [2.24, 2.45) is 0 Å². The van der Waals surface area contributed by atoms with Crippen LogP contribution in [0.25, 0.3) is 11.3 Å². The van der Waals surface area contributed by atoms with E-state index in [-0.39, 0.29) is 18.7 Å². The number of aryl methyl sites for hydroxylation is 1. The van der Waals surface area contributed by atoms with Gasteiger partial charge in [0.1, 0.15) is 12.4 Å². The Kier molecular flexibility index (Phi) is 8.37. The van der Waals surface area contributed by atoms with Crippen LogP contribution in [-0.4, -0.2) is 65.8 Å². The van der Waals surface area contributed by atoms with Crippen LogP contribution in [0.15, 0.2) is 42.5 Å². The van der Waals surface area contributed by atoms with Gasteiger partial charge in [-0.15, -0.1) is 0 Å². The SMILES string of the molecule is CS(=O)(=O)N1CCc2c(c(-c3ccc(Cl)c(COC(=O)c4ccc(F)cc4)c3)nn2CCCN2CCCC2)C1. The minimum atomic E-state index is -3.36. The van der Waals surface area contributed by atoms with Crippen LogP contribution < -0.4 is 0 Å². The van der Waals surface area contributed by atoms with Gasteiger partial charge in [-0.2, -0.15) is 9.40 Å². The second kappa shape index (κ2) is 11.8. The number of ether oxygens (including phenoxy) is 1. The number of carbonyl (C=O) groups is 1. The third-order valence-corrected chi connectivity index (χ3v) is 8.99. The minimum absolute atomic E-state index is 0.0723. The molecule has 0 atom stereocenters. The Morgan fingerprint density at radius 3 is 2.54 bits per heavy atom. The largest absolute Gasteiger partial charge is 0.457 e. The van der Waals surface area contributed by atoms with Crippen LogP contribution in [0.2, 0.25) is 5.02 Å². The molecule has 1 aromatic heterocycles. The van der Waals surface area contributed by atoms with Crippen molar-refractivity contribution in [2.45, 2.75) is 45.4 Å². The highest BCUT2D eigenvalue weighted by Crippen LogP contribution is 2.33. The highest BCUT2D eigenvalue weighted by molar-refractivity contribution is 7.88. The van der Waals surface area contributed by atoms with Crippen molar-refractivity contribution >= 4 is 27.6 Å². The number of fused-ring (bicyclic) bond motifs is 1. The van der Waals surface area contributed by atoms with Gasteiger partial charge in [0.25, 0.3) is 0 Å². The van der Waals surface area contributed by atoms with Crippen molar-refractivity contribution < 1.29 is 22.3 Å². The van der Waals surface area contributed by atoms with E-state index in [0.29, 0.717) is 29.2 Å². The van der Waals surface area contributed by atoms with Crippen LogP contribution in [0.3, 0.4) is 0 Å². The molecule has 2 aliphatic heterocycles. The molecule has 3 heterocycles. The van der Waals surface area contributed by atoms with E-state index in [9.17, 15) is 17.6 Å². The van der Waals surface area contributed by atoms with Gasteiger partial charge in [-0.1, -0.05) is 17.7 Å². The fourth-order valence-electron chi connectivity index (χ4n) is 5.26. The molecule has 0 unspecified atom stereocenters. The van der Waals surface area contributed by atoms with Crippen LogP contribution in [0.4, 0.5) is 4.39 Å². The Morgan fingerprint density at radius 1 is 1.08 bits per heavy atom. The number of benzene rings is 2. The third-order valence-electron chi connectivity index (χ3n) is 7.37. The van der Waals surface area contributed by atoms with Gasteiger partial charge in [0.05, 0.1) is 17.5 Å². The van der Waals surface area contributed by atoms with Crippen LogP contribution in [0.5, 0.6) is 0 Å². The second-order valence-corrected chi connectivity index (χ2v) is 12.5. The summed E-state index contributed by atoms with van der Waals surface area (Å²) in [4.78, 5) is 14.9. The van der Waals surface area contributed by atoms with Gasteiger partial charge in [0.2, 0.25) is 10.0 Å². The number of halogens is 2. The van der Waals surface area contributed by atoms with E-state index in [1.807, 2.05) is 16.8 Å². The zero-order chi connectivity index (χ0) is 27.6. The normalized spacial score (nSPS) is 16.4. The molecule has 8 nitrogen and oxygen atoms in total. The smallest absolute Gasteiger partial charge is 0.338 e. The lowest BCUT2D eigenvalue weighted by atomic mass is 10.0. The number of aromatic nitrogens is 2. The first kappa shape index (κ1) is 27.8. The Labute approximate surface area is 233 Å². The Balaban J connectivity index is 1.39. The van der Waals surface area contributed by atoms with Crippen molar-refractivity contribution in [1.82, 2.24) is 19.0 Å². The lowest BCUT2D eigenvalue weighted by molar-refractivity contribution is 0.0473. The van der Waals surface area contributed by atoms with Crippen molar-refractivity contribution in [3.63, 3.8) is 0 Å². The molecule has 0 saturated carbocycles. The van der Waals surface area contributed by atoms with E-state index in [2.05, 4.69) is 4.90 Å². The van der Waals surface area contributed by atoms with Gasteiger partial charge in [0, 0.05) is 53.5 Å². The van der Waals surface area contributed by atoms with E-state index in [1.54, 1.807) is 6.07 Å². The van der Waals surface area contributed by atoms with E-state index in [0.717, 1.165) is 49.4 Å². The van der Waals surface area contributed by atoms with Gasteiger partial charge in [0.15, 0.2) is 0 Å². The van der Waals surface area contributed by atoms with Gasteiger partial charge in [-0.05, 0) is 75.3 Å². The summed E-state index contributed by atoms with van der Waals surface area (Å²) in [6.45, 7) is 4.67. The molecular weight excluding hydrogens is 543 g/mol. The average molecular weight is 575 g/mol. The summed E-state index contributed by atoms with van der Waals surface area (Å²) < 4.78 is 46.9. The fraction of sp³-hybridized carbons (Fsp3) is 0.429. The predicted octanol–water partition coefficient (Wildman–Crippen LogP) is 4.50. The van der Waals surface area contributed by atoms with Crippen LogP contribution in [0, 0.1) is 5.82 Å². The summed E-state index contributed by atoms with van der Waals surface area (Å²) >= 11 is 6.44. The van der Waals surface area contributed by atoms with Gasteiger partial charge in [-0.25, -0.2) is 17.6 Å². The Bertz CT molecular complexity index is 1450. The molecule has 0 radical (unpaired) electrons. The molecule has 0 N–H and O–H groups in total. The molecule has 0 spiro atoms. The predicted molar refractivity (Wildman–Crippen MR) is 147 cm³/mol. The number of likely N-dealkylation sites (tertiary alicyclic amines) is 1. The molecule has 3 aromatic rings. The third kappa shape index (κ3) is 6.51. The number of hydrogen-bond donors (Lipinski definition) is 0. The van der Waals surface area contributed by atoms with Crippen molar-refractivity contribution in [2.75, 3.05) is 32.4 Å². The van der Waals surface area contributed by atoms with Crippen molar-refractivity contribution in [3.05, 3.63) is 75.7 Å². The molecular formula is C28H32ClFN4O4S. The molecule has 208 valence electrons. The zero-order valence-electron chi connectivity index (χ0n) is 21.9. The second-order valence-electron chi connectivity index (χ2n) is 10.1. The van der Waals surface area contributed by atoms with Gasteiger partial charge >= 0.3 is 5.97 Å². The van der Waals surface area contributed by atoms with E-state index < -0.39 is 21.8 Å². The zero-order valence-corrected chi connectivity index (χ0v) is 23.5. The lowest BCUT2D eigenvalue weighted by Gasteiger charge is -2.26. The maximum atomic E-state index is 13.2. The summed E-state index contributed by atoms with van der Waals surface area (Å²) in [5, 5.41) is 5.39. The maximum Gasteiger partial charge on any atom is 0.338 e. The highest BCUT2D eigenvalue weighted by atomic mass is 35.5. The summed E-state index contributed by atoms with van der Waals surface area (Å²) in [6, 6.07) is 10.6. The van der Waals surface area contributed by atoms with Crippen molar-refractivity contribution in [1.29, 1.82) is 0 Å². The molecule has 0 aliphatic carbocycles. The molecule has 0 bridgehead atoms. The highest BCUT2D eigenvalue weighted by Gasteiger charge is 2.30. The first-order valence-corrected chi connectivity index (χ1v) is 15.4. The molecule has 11 heteroatoms. The minimum Gasteiger partial charge on any atom is -0.457 e. The molecule has 0 amide bonds. The summed E-state index contributed by atoms with van der Waals surface area (Å²) in [5.41, 5.74) is 4.28. The first-order valence-electron chi connectivity index (χ1n) is 13.2. The first-order chi connectivity index (χ1) is 18.7. The summed E-state index contributed by atoms with van der Waals surface area (Å²) in [7, 11) is -3.36. The summed E-state index contributed by atoms with van der Waals surface area (Å²) in [5.74, 6) is -1.02. The summed E-state index contributed by atoms with van der Waals surface area (Å²) in [6.07, 6.45) is 5.29. The molecule has 2 aromatic carbocycles. The lowest BCUT2D eigenvalue weighted by Crippen LogP contribution is -2.35. The molecule has 5 rings (SSSR count). The molecule has 2 aliphatic rings. The molecule has 39 heavy (non-hydrogen) atoms. The number of sulfonamides is 1. The standard InChI is InChI=1S/C28H32ClFN4O4S/c1-39(36,37)33-16-11-26-24(18-33)27(31-34(26)15-4-14-32-12-2-3-13-32)21-7-10-25(29)22(17-21)19-38-28(35)20-5-8-23(30)9-6-20/h5-10,17H,2-4,11-16,18-19H2,1H3. The Morgan fingerprint density at radius 2 is 1.82 bits per heavy atom. The van der Waals surface area contributed by atoms with Crippen molar-refractivity contribution in [3.8, 4) is 11.3 Å². The van der Waals surface area contributed by atoms with Crippen LogP contribution in [0.1, 0.15) is 46.4 Å².